The fraction of sp³-hybridized carbons (Fsp3) is 0.0556. The number of nitrogens with zero attached hydrogens (tertiary/aromatic N) is 2. The number of para-hydroxylation sites is 1. The van der Waals surface area contributed by atoms with E-state index in [2.05, 4.69) is 20.6 Å². The molecule has 1 amide bonds. The number of aryl methyl sites for hydroxylation is 1. The first-order valence-electron chi connectivity index (χ1n) is 7.66. The lowest BCUT2D eigenvalue weighted by molar-refractivity contribution is 0.102. The number of hydrogen-bond donors (Lipinski definition) is 2. The maximum Gasteiger partial charge on any atom is 0.274 e. The predicted octanol–water partition coefficient (Wildman–Crippen LogP) is 4.85. The summed E-state index contributed by atoms with van der Waals surface area (Å²) >= 11 is 5.72. The van der Waals surface area contributed by atoms with Gasteiger partial charge in [0.05, 0.1) is 5.02 Å². The number of nitrogens with one attached hydrogen (secondary N) is 2. The van der Waals surface area contributed by atoms with Gasteiger partial charge < -0.3 is 10.6 Å². The van der Waals surface area contributed by atoms with Gasteiger partial charge in [-0.05, 0) is 43.3 Å². The molecule has 3 aromatic rings. The van der Waals surface area contributed by atoms with Gasteiger partial charge in [-0.3, -0.25) is 4.79 Å². The van der Waals surface area contributed by atoms with E-state index in [-0.39, 0.29) is 16.7 Å². The van der Waals surface area contributed by atoms with Crippen molar-refractivity contribution in [3.05, 3.63) is 76.3 Å². The van der Waals surface area contributed by atoms with Gasteiger partial charge in [0.2, 0.25) is 5.95 Å². The normalized spacial score (nSPS) is 10.6. The fourth-order valence-corrected chi connectivity index (χ4v) is 2.42. The Morgan fingerprint density at radius 1 is 1.00 bits per heavy atom. The number of carbonyl (C=O) groups is 1. The van der Waals surface area contributed by atoms with Gasteiger partial charge in [-0.1, -0.05) is 17.7 Å². The molecule has 9 heteroatoms. The third-order valence-corrected chi connectivity index (χ3v) is 3.75. The Morgan fingerprint density at radius 3 is 2.37 bits per heavy atom. The quantitative estimate of drug-likeness (QED) is 0.666. The first-order chi connectivity index (χ1) is 12.8. The monoisotopic (exact) mass is 392 g/mol. The van der Waals surface area contributed by atoms with E-state index in [4.69, 9.17) is 11.6 Å². The van der Waals surface area contributed by atoms with Crippen LogP contribution >= 0.6 is 11.6 Å². The van der Waals surface area contributed by atoms with Gasteiger partial charge in [-0.15, -0.1) is 0 Å². The second-order valence-corrected chi connectivity index (χ2v) is 5.93. The van der Waals surface area contributed by atoms with Crippen molar-refractivity contribution >= 4 is 34.8 Å². The molecule has 0 radical (unpaired) electrons. The molecule has 138 valence electrons. The summed E-state index contributed by atoms with van der Waals surface area (Å²) in [5.74, 6) is -3.18. The highest BCUT2D eigenvalue weighted by Crippen LogP contribution is 2.22. The van der Waals surface area contributed by atoms with Gasteiger partial charge in [-0.25, -0.2) is 23.1 Å². The van der Waals surface area contributed by atoms with Crippen molar-refractivity contribution < 1.29 is 18.0 Å². The summed E-state index contributed by atoms with van der Waals surface area (Å²) in [6.45, 7) is 1.62. The summed E-state index contributed by atoms with van der Waals surface area (Å²) in [5, 5.41) is 4.85. The van der Waals surface area contributed by atoms with Crippen LogP contribution in [-0.4, -0.2) is 15.9 Å². The third kappa shape index (κ3) is 4.35. The topological polar surface area (TPSA) is 66.9 Å². The lowest BCUT2D eigenvalue weighted by Gasteiger charge is -2.10. The molecule has 0 spiro atoms. The molecule has 1 aromatic heterocycles. The highest BCUT2D eigenvalue weighted by Gasteiger charge is 2.16. The summed E-state index contributed by atoms with van der Waals surface area (Å²) in [5.41, 5.74) is 0.151. The van der Waals surface area contributed by atoms with E-state index in [1.54, 1.807) is 6.92 Å². The number of amides is 1. The maximum absolute atomic E-state index is 13.7. The van der Waals surface area contributed by atoms with E-state index in [1.165, 1.54) is 24.3 Å². The van der Waals surface area contributed by atoms with Crippen molar-refractivity contribution in [3.63, 3.8) is 0 Å². The van der Waals surface area contributed by atoms with Gasteiger partial charge in [0, 0.05) is 11.4 Å². The Bertz CT molecular complexity index is 1010. The minimum atomic E-state index is -0.909. The number of hydrogen-bond acceptors (Lipinski definition) is 4. The maximum atomic E-state index is 13.7. The predicted molar refractivity (Wildman–Crippen MR) is 95.8 cm³/mol. The van der Waals surface area contributed by atoms with Crippen LogP contribution in [0.2, 0.25) is 5.02 Å². The second kappa shape index (κ2) is 7.63. The molecule has 5 nitrogen and oxygen atoms in total. The molecular weight excluding hydrogens is 381 g/mol. The number of carbonyl (C=O) groups excluding carboxylic acids is 1. The molecule has 0 bridgehead atoms. The van der Waals surface area contributed by atoms with Crippen LogP contribution < -0.4 is 10.6 Å². The number of aromatic nitrogens is 2. The molecule has 0 aliphatic heterocycles. The van der Waals surface area contributed by atoms with Crippen molar-refractivity contribution in [2.24, 2.45) is 0 Å². The van der Waals surface area contributed by atoms with Crippen LogP contribution in [0.3, 0.4) is 0 Å². The molecule has 3 rings (SSSR count). The Balaban J connectivity index is 1.86. The zero-order valence-corrected chi connectivity index (χ0v) is 14.6. The molecule has 0 saturated heterocycles. The van der Waals surface area contributed by atoms with Crippen LogP contribution in [0.15, 0.2) is 42.5 Å². The van der Waals surface area contributed by atoms with Gasteiger partial charge in [0.1, 0.15) is 28.8 Å². The lowest BCUT2D eigenvalue weighted by Crippen LogP contribution is -2.17. The summed E-state index contributed by atoms with van der Waals surface area (Å²) < 4.78 is 40.6. The lowest BCUT2D eigenvalue weighted by atomic mass is 10.2. The molecule has 0 fully saturated rings. The Hall–Kier alpha value is -3.13. The Kier molecular flexibility index (Phi) is 5.27. The molecule has 0 unspecified atom stereocenters. The highest BCUT2D eigenvalue weighted by molar-refractivity contribution is 6.31. The molecule has 0 aliphatic carbocycles. The molecule has 0 atom stereocenters. The molecule has 2 aromatic carbocycles. The van der Waals surface area contributed by atoms with Crippen LogP contribution in [0.4, 0.5) is 30.5 Å². The van der Waals surface area contributed by atoms with Crippen molar-refractivity contribution in [2.75, 3.05) is 10.6 Å². The molecule has 1 heterocycles. The van der Waals surface area contributed by atoms with Crippen LogP contribution in [0, 0.1) is 24.4 Å². The minimum Gasteiger partial charge on any atom is -0.324 e. The van der Waals surface area contributed by atoms with Gasteiger partial charge in [-0.2, -0.15) is 0 Å². The van der Waals surface area contributed by atoms with Crippen molar-refractivity contribution in [3.8, 4) is 0 Å². The van der Waals surface area contributed by atoms with Gasteiger partial charge >= 0.3 is 0 Å². The Morgan fingerprint density at radius 2 is 1.70 bits per heavy atom. The Labute approximate surface area is 157 Å². The first-order valence-corrected chi connectivity index (χ1v) is 8.04. The van der Waals surface area contributed by atoms with E-state index >= 15 is 0 Å². The van der Waals surface area contributed by atoms with E-state index in [0.29, 0.717) is 11.4 Å². The standard InChI is InChI=1S/C18H12ClF3N4O/c1-9-7-15(17(27)26-16-13(21)3-2-4-14(16)22)25-18(23-9)24-10-5-6-12(20)11(19)8-10/h2-8H,1H3,(H,26,27)(H,23,24,25). The minimum absolute atomic E-state index is 0.0387. The largest absolute Gasteiger partial charge is 0.324 e. The molecular formula is C18H12ClF3N4O. The van der Waals surface area contributed by atoms with Gasteiger partial charge in [0.25, 0.3) is 5.91 Å². The van der Waals surface area contributed by atoms with E-state index < -0.39 is 29.0 Å². The van der Waals surface area contributed by atoms with E-state index in [1.807, 2.05) is 0 Å². The van der Waals surface area contributed by atoms with Crippen molar-refractivity contribution in [1.82, 2.24) is 9.97 Å². The van der Waals surface area contributed by atoms with Crippen LogP contribution in [0.1, 0.15) is 16.2 Å². The summed E-state index contributed by atoms with van der Waals surface area (Å²) in [6.07, 6.45) is 0. The van der Waals surface area contributed by atoms with E-state index in [9.17, 15) is 18.0 Å². The average molecular weight is 393 g/mol. The van der Waals surface area contributed by atoms with Crippen molar-refractivity contribution in [1.29, 1.82) is 0 Å². The third-order valence-electron chi connectivity index (χ3n) is 3.46. The summed E-state index contributed by atoms with van der Waals surface area (Å²) in [7, 11) is 0. The molecule has 0 aliphatic rings. The number of anilines is 3. The summed E-state index contributed by atoms with van der Waals surface area (Å²) in [6, 6.07) is 8.50. The zero-order chi connectivity index (χ0) is 19.6. The first kappa shape index (κ1) is 18.7. The smallest absolute Gasteiger partial charge is 0.274 e. The highest BCUT2D eigenvalue weighted by atomic mass is 35.5. The molecule has 2 N–H and O–H groups in total. The average Bonchev–Trinajstić information content (AvgIpc) is 2.61. The van der Waals surface area contributed by atoms with Crippen LogP contribution in [0.5, 0.6) is 0 Å². The number of halogens is 4. The van der Waals surface area contributed by atoms with Crippen LogP contribution in [-0.2, 0) is 0 Å². The summed E-state index contributed by atoms with van der Waals surface area (Å²) in [4.78, 5) is 20.5. The number of benzene rings is 2. The zero-order valence-electron chi connectivity index (χ0n) is 13.9. The molecule has 0 saturated carbocycles. The van der Waals surface area contributed by atoms with Crippen LogP contribution in [0.25, 0.3) is 0 Å². The molecule has 27 heavy (non-hydrogen) atoms. The van der Waals surface area contributed by atoms with Crippen molar-refractivity contribution in [2.45, 2.75) is 6.92 Å². The SMILES string of the molecule is Cc1cc(C(=O)Nc2c(F)cccc2F)nc(Nc2ccc(F)c(Cl)c2)n1. The number of rotatable bonds is 4. The fourth-order valence-electron chi connectivity index (χ4n) is 2.24. The van der Waals surface area contributed by atoms with E-state index in [0.717, 1.165) is 18.2 Å². The second-order valence-electron chi connectivity index (χ2n) is 5.52. The van der Waals surface area contributed by atoms with Gasteiger partial charge in [0.15, 0.2) is 0 Å².